The monoisotopic (exact) mass is 850 g/mol. The molecule has 0 aliphatic heterocycles. The summed E-state index contributed by atoms with van der Waals surface area (Å²) in [5.74, 6) is -1.07. The van der Waals surface area contributed by atoms with Crippen LogP contribution in [0, 0.1) is 0 Å². The van der Waals surface area contributed by atoms with Crippen LogP contribution in [0.4, 0.5) is 0 Å². The van der Waals surface area contributed by atoms with Crippen molar-refractivity contribution >= 4 is 27.6 Å². The molecule has 0 aliphatic rings. The number of unbranched alkanes of at least 4 members (excludes halogenated alkanes) is 16. The zero-order valence-electron chi connectivity index (χ0n) is 34.9. The van der Waals surface area contributed by atoms with E-state index in [2.05, 4.69) is 71.5 Å². The number of rotatable bonds is 40. The van der Waals surface area contributed by atoms with Crippen molar-refractivity contribution < 1.29 is 61.6 Å². The summed E-state index contributed by atoms with van der Waals surface area (Å²) in [4.78, 5) is 52.6. The smallest absolute Gasteiger partial charge is 0.462 e. The predicted molar refractivity (Wildman–Crippen MR) is 225 cm³/mol. The topological polar surface area (TPSA) is 195 Å². The number of aliphatic hydroxyl groups excluding tert-OH is 1. The van der Waals surface area contributed by atoms with E-state index in [1.807, 2.05) is 0 Å². The minimum Gasteiger partial charge on any atom is -0.462 e. The maximum atomic E-state index is 12.6. The van der Waals surface area contributed by atoms with Gasteiger partial charge >= 0.3 is 27.6 Å². The van der Waals surface area contributed by atoms with Crippen molar-refractivity contribution in [1.29, 1.82) is 0 Å². The van der Waals surface area contributed by atoms with Gasteiger partial charge in [-0.25, -0.2) is 9.13 Å². The zero-order chi connectivity index (χ0) is 42.3. The Labute approximate surface area is 343 Å². The fraction of sp³-hybridized carbons (Fsp3) is 0.762. The van der Waals surface area contributed by atoms with Gasteiger partial charge in [-0.1, -0.05) is 127 Å². The molecular weight excluding hydrogens is 774 g/mol. The maximum Gasteiger partial charge on any atom is 0.472 e. The first-order chi connectivity index (χ1) is 27.4. The average molecular weight is 851 g/mol. The number of aliphatic hydroxyl groups is 1. The molecule has 3 unspecified atom stereocenters. The molecule has 0 aliphatic carbocycles. The molecule has 0 aromatic carbocycles. The number of phosphoric ester groups is 2. The zero-order valence-corrected chi connectivity index (χ0v) is 36.7. The van der Waals surface area contributed by atoms with Gasteiger partial charge in [0.25, 0.3) is 0 Å². The van der Waals surface area contributed by atoms with Crippen LogP contribution in [0.25, 0.3) is 0 Å². The van der Waals surface area contributed by atoms with E-state index >= 15 is 0 Å². The summed E-state index contributed by atoms with van der Waals surface area (Å²) in [7, 11) is -9.68. The van der Waals surface area contributed by atoms with Crippen LogP contribution in [0.5, 0.6) is 0 Å². The maximum absolute atomic E-state index is 12.6. The highest BCUT2D eigenvalue weighted by Gasteiger charge is 2.28. The Morgan fingerprint density at radius 2 is 0.912 bits per heavy atom. The lowest BCUT2D eigenvalue weighted by Crippen LogP contribution is -2.30. The third kappa shape index (κ3) is 42.0. The van der Waals surface area contributed by atoms with Crippen molar-refractivity contribution in [2.24, 2.45) is 0 Å². The molecule has 0 saturated heterocycles. The first-order valence-electron chi connectivity index (χ1n) is 21.3. The van der Waals surface area contributed by atoms with Crippen LogP contribution in [-0.2, 0) is 41.8 Å². The van der Waals surface area contributed by atoms with E-state index in [-0.39, 0.29) is 12.8 Å². The van der Waals surface area contributed by atoms with E-state index in [4.69, 9.17) is 23.8 Å². The number of ether oxygens (including phenoxy) is 2. The fourth-order valence-corrected chi connectivity index (χ4v) is 6.56. The second-order valence-electron chi connectivity index (χ2n) is 14.3. The molecule has 0 fully saturated rings. The van der Waals surface area contributed by atoms with E-state index in [1.54, 1.807) is 0 Å². The van der Waals surface area contributed by atoms with Crippen molar-refractivity contribution in [2.75, 3.05) is 26.4 Å². The number of carbonyl (C=O) groups is 2. The predicted octanol–water partition coefficient (Wildman–Crippen LogP) is 10.7. The number of allylic oxidation sites excluding steroid dienone is 8. The van der Waals surface area contributed by atoms with E-state index in [0.29, 0.717) is 12.8 Å². The van der Waals surface area contributed by atoms with Crippen LogP contribution in [0.3, 0.4) is 0 Å². The Balaban J connectivity index is 4.59. The first-order valence-corrected chi connectivity index (χ1v) is 24.4. The number of hydrogen-bond acceptors (Lipinski definition) is 10. The molecule has 332 valence electrons. The van der Waals surface area contributed by atoms with Gasteiger partial charge in [0.15, 0.2) is 6.10 Å². The summed E-state index contributed by atoms with van der Waals surface area (Å²) in [6, 6.07) is 0. The molecular formula is C42H76O13P2. The molecule has 57 heavy (non-hydrogen) atoms. The molecule has 0 amide bonds. The molecule has 0 heterocycles. The van der Waals surface area contributed by atoms with Crippen LogP contribution >= 0.6 is 15.6 Å². The van der Waals surface area contributed by atoms with E-state index in [0.717, 1.165) is 83.5 Å². The van der Waals surface area contributed by atoms with Gasteiger partial charge in [0, 0.05) is 12.8 Å². The number of esters is 2. The van der Waals surface area contributed by atoms with Crippen molar-refractivity contribution in [3.05, 3.63) is 48.6 Å². The molecule has 0 spiro atoms. The highest BCUT2D eigenvalue weighted by molar-refractivity contribution is 7.47. The van der Waals surface area contributed by atoms with E-state index in [1.165, 1.54) is 44.9 Å². The minimum absolute atomic E-state index is 0.103. The normalized spacial score (nSPS) is 14.6. The number of phosphoric acid groups is 2. The van der Waals surface area contributed by atoms with Crippen LogP contribution < -0.4 is 0 Å². The molecule has 3 atom stereocenters. The summed E-state index contributed by atoms with van der Waals surface area (Å²) < 4.78 is 47.7. The van der Waals surface area contributed by atoms with E-state index in [9.17, 15) is 28.7 Å². The largest absolute Gasteiger partial charge is 0.472 e. The standard InChI is InChI=1S/C42H76O13P2/c1-3-5-7-9-11-13-15-17-18-19-20-22-24-26-28-30-32-34-42(45)55-40(38-54-57(49,50)53-36-39(43)35-52-56(46,47)48)37-51-41(44)33-31-29-27-25-23-21-16-14-12-10-8-6-4-2/h11,13-14,16-18,20,22,39-40,43H,3-10,12,15,19,21,23-38H2,1-2H3,(H,49,50)(H2,46,47,48). The van der Waals surface area contributed by atoms with Crippen molar-refractivity contribution in [3.63, 3.8) is 0 Å². The van der Waals surface area contributed by atoms with E-state index < -0.39 is 66.2 Å². The molecule has 0 aromatic rings. The molecule has 4 N–H and O–H groups in total. The minimum atomic E-state index is -4.86. The third-order valence-electron chi connectivity index (χ3n) is 8.68. The average Bonchev–Trinajstić information content (AvgIpc) is 3.17. The van der Waals surface area contributed by atoms with Gasteiger partial charge in [0.2, 0.25) is 0 Å². The molecule has 15 heteroatoms. The fourth-order valence-electron chi connectivity index (χ4n) is 5.41. The van der Waals surface area contributed by atoms with Crippen molar-refractivity contribution in [3.8, 4) is 0 Å². The summed E-state index contributed by atoms with van der Waals surface area (Å²) >= 11 is 0. The van der Waals surface area contributed by atoms with Gasteiger partial charge in [-0.3, -0.25) is 23.2 Å². The van der Waals surface area contributed by atoms with Gasteiger partial charge in [-0.15, -0.1) is 0 Å². The Hall–Kier alpha value is -1.92. The Morgan fingerprint density at radius 1 is 0.509 bits per heavy atom. The first kappa shape index (κ1) is 55.1. The Bertz CT molecular complexity index is 1200. The second-order valence-corrected chi connectivity index (χ2v) is 16.9. The quantitative estimate of drug-likeness (QED) is 0.0197. The lowest BCUT2D eigenvalue weighted by atomic mass is 10.1. The van der Waals surface area contributed by atoms with Gasteiger partial charge in [-0.2, -0.15) is 0 Å². The molecule has 13 nitrogen and oxygen atoms in total. The number of carbonyl (C=O) groups excluding carboxylic acids is 2. The van der Waals surface area contributed by atoms with Crippen LogP contribution in [0.2, 0.25) is 0 Å². The van der Waals surface area contributed by atoms with Crippen molar-refractivity contribution in [1.82, 2.24) is 0 Å². The summed E-state index contributed by atoms with van der Waals surface area (Å²) in [6.07, 6.45) is 38.1. The molecule has 0 saturated carbocycles. The number of hydrogen-bond donors (Lipinski definition) is 4. The van der Waals surface area contributed by atoms with Gasteiger partial charge in [-0.05, 0) is 77.0 Å². The Kier molecular flexibility index (Phi) is 37.0. The van der Waals surface area contributed by atoms with Crippen LogP contribution in [0.15, 0.2) is 48.6 Å². The van der Waals surface area contributed by atoms with Crippen molar-refractivity contribution in [2.45, 2.75) is 180 Å². The van der Waals surface area contributed by atoms with Gasteiger partial charge in [0.1, 0.15) is 12.7 Å². The SMILES string of the molecule is CCCCCC=CCC=CCC=CCCCCCCC(=O)OC(COC(=O)CCCCCCCC=CCCCCCC)COP(=O)(O)OCC(O)COP(=O)(O)O. The summed E-state index contributed by atoms with van der Waals surface area (Å²) in [5.41, 5.74) is 0. The summed E-state index contributed by atoms with van der Waals surface area (Å²) in [5, 5.41) is 9.73. The summed E-state index contributed by atoms with van der Waals surface area (Å²) in [6.45, 7) is 1.68. The molecule has 0 aromatic heterocycles. The van der Waals surface area contributed by atoms with Gasteiger partial charge < -0.3 is 29.3 Å². The lowest BCUT2D eigenvalue weighted by molar-refractivity contribution is -0.161. The van der Waals surface area contributed by atoms with Crippen LogP contribution in [-0.4, -0.2) is 70.4 Å². The van der Waals surface area contributed by atoms with Crippen LogP contribution in [0.1, 0.15) is 168 Å². The third-order valence-corrected chi connectivity index (χ3v) is 10.1. The lowest BCUT2D eigenvalue weighted by Gasteiger charge is -2.20. The molecule has 0 radical (unpaired) electrons. The highest BCUT2D eigenvalue weighted by Crippen LogP contribution is 2.43. The molecule has 0 rings (SSSR count). The molecule has 0 bridgehead atoms. The highest BCUT2D eigenvalue weighted by atomic mass is 31.2. The second kappa shape index (κ2) is 38.3. The van der Waals surface area contributed by atoms with Gasteiger partial charge in [0.05, 0.1) is 19.8 Å². The Morgan fingerprint density at radius 3 is 1.46 bits per heavy atom.